The van der Waals surface area contributed by atoms with E-state index in [2.05, 4.69) is 10.6 Å². The number of amides is 1. The number of hydrogen-bond acceptors (Lipinski definition) is 6. The van der Waals surface area contributed by atoms with Gasteiger partial charge in [0.1, 0.15) is 0 Å². The number of fused-ring (bicyclic) bond motifs is 5. The predicted octanol–water partition coefficient (Wildman–Crippen LogP) is -2.13. The van der Waals surface area contributed by atoms with E-state index in [4.69, 9.17) is 5.11 Å². The quantitative estimate of drug-likeness (QED) is 0.470. The van der Waals surface area contributed by atoms with Crippen LogP contribution in [0, 0.1) is 17.8 Å². The molecule has 0 aromatic rings. The standard InChI is InChI=1S/C13H22N2O5S/c1-14-11-9(3-7(17)5-16)21(19,20)12-6-2-8(10(11)12)13(18)15-4-6/h6-12,14,16-17H,2-5H2,1H3,(H,15,18)/t6-,7-,8-,9-,10-,11+,12-/m0/s1. The van der Waals surface area contributed by atoms with Crippen molar-refractivity contribution in [3.63, 3.8) is 0 Å². The van der Waals surface area contributed by atoms with Crippen molar-refractivity contribution in [1.82, 2.24) is 10.6 Å². The Bertz CT molecular complexity index is 537. The summed E-state index contributed by atoms with van der Waals surface area (Å²) in [4.78, 5) is 12.0. The van der Waals surface area contributed by atoms with E-state index in [1.54, 1.807) is 7.05 Å². The minimum absolute atomic E-state index is 0.0123. The molecule has 3 rings (SSSR count). The fourth-order valence-electron chi connectivity index (χ4n) is 4.60. The van der Waals surface area contributed by atoms with Gasteiger partial charge in [0.15, 0.2) is 9.84 Å². The summed E-state index contributed by atoms with van der Waals surface area (Å²) in [5, 5.41) is 23.3. The number of carbonyl (C=O) groups excluding carboxylic acids is 1. The smallest absolute Gasteiger partial charge is 0.223 e. The van der Waals surface area contributed by atoms with Gasteiger partial charge in [-0.15, -0.1) is 0 Å². The molecule has 8 heteroatoms. The second-order valence-corrected chi connectivity index (χ2v) is 8.73. The average Bonchev–Trinajstić information content (AvgIpc) is 2.88. The van der Waals surface area contributed by atoms with Gasteiger partial charge in [-0.2, -0.15) is 0 Å². The normalized spacial score (nSPS) is 45.2. The van der Waals surface area contributed by atoms with Crippen LogP contribution in [0.15, 0.2) is 0 Å². The van der Waals surface area contributed by atoms with Gasteiger partial charge in [0.25, 0.3) is 0 Å². The molecule has 120 valence electrons. The van der Waals surface area contributed by atoms with Crippen LogP contribution in [0.2, 0.25) is 0 Å². The third-order valence-corrected chi connectivity index (χ3v) is 8.19. The van der Waals surface area contributed by atoms with Crippen LogP contribution in [0.25, 0.3) is 0 Å². The number of rotatable bonds is 4. The van der Waals surface area contributed by atoms with Crippen molar-refractivity contribution in [3.8, 4) is 0 Å². The van der Waals surface area contributed by atoms with Gasteiger partial charge in [0.05, 0.1) is 23.2 Å². The Kier molecular flexibility index (Phi) is 3.76. The van der Waals surface area contributed by atoms with E-state index >= 15 is 0 Å². The highest BCUT2D eigenvalue weighted by Gasteiger charge is 2.65. The second kappa shape index (κ2) is 5.19. The maximum Gasteiger partial charge on any atom is 0.223 e. The molecule has 0 radical (unpaired) electrons. The summed E-state index contributed by atoms with van der Waals surface area (Å²) in [6, 6.07) is -0.347. The van der Waals surface area contributed by atoms with E-state index in [1.165, 1.54) is 0 Å². The van der Waals surface area contributed by atoms with Gasteiger partial charge in [-0.3, -0.25) is 4.79 Å². The van der Waals surface area contributed by atoms with E-state index in [1.807, 2.05) is 0 Å². The Morgan fingerprint density at radius 2 is 2.19 bits per heavy atom. The molecule has 2 bridgehead atoms. The molecule has 3 aliphatic rings. The number of hydrogen-bond donors (Lipinski definition) is 4. The molecule has 3 fully saturated rings. The Morgan fingerprint density at radius 1 is 1.48 bits per heavy atom. The number of nitrogens with one attached hydrogen (secondary N) is 2. The van der Waals surface area contributed by atoms with Crippen molar-refractivity contribution < 1.29 is 23.4 Å². The minimum atomic E-state index is -3.43. The zero-order valence-corrected chi connectivity index (χ0v) is 12.7. The molecule has 2 saturated heterocycles. The van der Waals surface area contributed by atoms with Gasteiger partial charge in [-0.05, 0) is 25.8 Å². The number of carbonyl (C=O) groups is 1. The lowest BCUT2D eigenvalue weighted by atomic mass is 9.85. The van der Waals surface area contributed by atoms with Crippen LogP contribution in [0.3, 0.4) is 0 Å². The third kappa shape index (κ3) is 2.11. The Morgan fingerprint density at radius 3 is 2.81 bits per heavy atom. The molecule has 7 nitrogen and oxygen atoms in total. The molecule has 2 heterocycles. The molecule has 7 atom stereocenters. The SMILES string of the molecule is CN[C@H]1[C@H]2[C@H]([C@@H]3CNC(=O)[C@H]2C3)S(=O)(=O)[C@H]1C[C@H](O)CO. The van der Waals surface area contributed by atoms with E-state index in [0.29, 0.717) is 13.0 Å². The average molecular weight is 318 g/mol. The number of sulfone groups is 1. The molecular formula is C13H22N2O5S. The minimum Gasteiger partial charge on any atom is -0.394 e. The molecule has 4 N–H and O–H groups in total. The number of aliphatic hydroxyl groups is 2. The van der Waals surface area contributed by atoms with Crippen LogP contribution < -0.4 is 10.6 Å². The maximum absolute atomic E-state index is 12.9. The van der Waals surface area contributed by atoms with Crippen molar-refractivity contribution in [2.45, 2.75) is 35.5 Å². The topological polar surface area (TPSA) is 116 Å². The Balaban J connectivity index is 1.97. The van der Waals surface area contributed by atoms with Crippen molar-refractivity contribution in [3.05, 3.63) is 0 Å². The van der Waals surface area contributed by atoms with Gasteiger partial charge < -0.3 is 20.8 Å². The molecule has 1 amide bonds. The van der Waals surface area contributed by atoms with Crippen molar-refractivity contribution in [2.75, 3.05) is 20.2 Å². The van der Waals surface area contributed by atoms with Gasteiger partial charge in [0, 0.05) is 24.4 Å². The lowest BCUT2D eigenvalue weighted by Gasteiger charge is -2.29. The Labute approximate surface area is 124 Å². The van der Waals surface area contributed by atoms with Crippen LogP contribution in [-0.4, -0.2) is 67.4 Å². The zero-order chi connectivity index (χ0) is 15.4. The summed E-state index contributed by atoms with van der Waals surface area (Å²) >= 11 is 0. The van der Waals surface area contributed by atoms with Crippen molar-refractivity contribution in [1.29, 1.82) is 0 Å². The fourth-order valence-corrected chi connectivity index (χ4v) is 7.76. The maximum atomic E-state index is 12.9. The van der Waals surface area contributed by atoms with Crippen LogP contribution in [-0.2, 0) is 14.6 Å². The molecule has 0 aromatic heterocycles. The third-order valence-electron chi connectivity index (χ3n) is 5.41. The summed E-state index contributed by atoms with van der Waals surface area (Å²) in [5.74, 6) is -0.590. The largest absolute Gasteiger partial charge is 0.394 e. The molecule has 0 spiro atoms. The van der Waals surface area contributed by atoms with Crippen molar-refractivity contribution in [2.24, 2.45) is 17.8 Å². The summed E-state index contributed by atoms with van der Waals surface area (Å²) < 4.78 is 25.7. The fraction of sp³-hybridized carbons (Fsp3) is 0.923. The van der Waals surface area contributed by atoms with Crippen LogP contribution in [0.4, 0.5) is 0 Å². The van der Waals surface area contributed by atoms with E-state index in [-0.39, 0.29) is 36.1 Å². The Hall–Kier alpha value is -0.700. The lowest BCUT2D eigenvalue weighted by Crippen LogP contribution is -2.47. The molecule has 1 saturated carbocycles. The van der Waals surface area contributed by atoms with E-state index in [9.17, 15) is 18.3 Å². The van der Waals surface area contributed by atoms with Crippen LogP contribution >= 0.6 is 0 Å². The molecule has 2 aliphatic heterocycles. The highest BCUT2D eigenvalue weighted by molar-refractivity contribution is 7.93. The summed E-state index contributed by atoms with van der Waals surface area (Å²) in [7, 11) is -1.74. The first kappa shape index (κ1) is 15.2. The van der Waals surface area contributed by atoms with Crippen molar-refractivity contribution >= 4 is 15.7 Å². The van der Waals surface area contributed by atoms with Gasteiger partial charge in [-0.1, -0.05) is 0 Å². The first-order chi connectivity index (χ1) is 9.91. The van der Waals surface area contributed by atoms with Gasteiger partial charge in [-0.25, -0.2) is 8.42 Å². The number of aliphatic hydroxyl groups excluding tert-OH is 2. The molecule has 0 unspecified atom stereocenters. The molecular weight excluding hydrogens is 296 g/mol. The van der Waals surface area contributed by atoms with E-state index < -0.39 is 33.0 Å². The van der Waals surface area contributed by atoms with E-state index in [0.717, 1.165) is 0 Å². The second-order valence-electron chi connectivity index (χ2n) is 6.40. The first-order valence-electron chi connectivity index (χ1n) is 7.38. The first-order valence-corrected chi connectivity index (χ1v) is 8.99. The lowest BCUT2D eigenvalue weighted by molar-refractivity contribution is -0.127. The highest BCUT2D eigenvalue weighted by Crippen LogP contribution is 2.52. The molecule has 1 aliphatic carbocycles. The molecule has 21 heavy (non-hydrogen) atoms. The van der Waals surface area contributed by atoms with Crippen LogP contribution in [0.1, 0.15) is 12.8 Å². The predicted molar refractivity (Wildman–Crippen MR) is 75.1 cm³/mol. The summed E-state index contributed by atoms with van der Waals surface area (Å²) in [6.45, 7) is -0.0352. The summed E-state index contributed by atoms with van der Waals surface area (Å²) in [5.41, 5.74) is 0. The zero-order valence-electron chi connectivity index (χ0n) is 11.9. The summed E-state index contributed by atoms with van der Waals surface area (Å²) in [6.07, 6.45) is -0.403. The van der Waals surface area contributed by atoms with Crippen LogP contribution in [0.5, 0.6) is 0 Å². The monoisotopic (exact) mass is 318 g/mol. The number of piperidine rings is 1. The van der Waals surface area contributed by atoms with Gasteiger partial charge in [0.2, 0.25) is 5.91 Å². The van der Waals surface area contributed by atoms with Gasteiger partial charge >= 0.3 is 0 Å². The highest BCUT2D eigenvalue weighted by atomic mass is 32.2. The molecule has 0 aromatic carbocycles.